The SMILES string of the molecule is CCOC(=O)CCN(CCOC)C(=O)c1cncc(Br)c1. The zero-order chi connectivity index (χ0) is 15.7. The first-order valence-corrected chi connectivity index (χ1v) is 7.42. The second kappa shape index (κ2) is 9.46. The standard InChI is InChI=1S/C14H19BrN2O4/c1-3-21-13(18)4-5-17(6-7-20-2)14(19)11-8-12(15)10-16-9-11/h8-10H,3-7H2,1-2H3. The number of carbonyl (C=O) groups excluding carboxylic acids is 2. The van der Waals surface area contributed by atoms with Crippen molar-refractivity contribution < 1.29 is 19.1 Å². The van der Waals surface area contributed by atoms with Gasteiger partial charge in [-0.2, -0.15) is 0 Å². The summed E-state index contributed by atoms with van der Waals surface area (Å²) in [6.45, 7) is 3.17. The summed E-state index contributed by atoms with van der Waals surface area (Å²) >= 11 is 3.28. The normalized spacial score (nSPS) is 10.2. The van der Waals surface area contributed by atoms with Crippen LogP contribution in [0.4, 0.5) is 0 Å². The van der Waals surface area contributed by atoms with E-state index in [1.54, 1.807) is 31.2 Å². The number of ether oxygens (including phenoxy) is 2. The molecule has 0 N–H and O–H groups in total. The number of aromatic nitrogens is 1. The molecule has 0 fully saturated rings. The molecule has 0 radical (unpaired) electrons. The van der Waals surface area contributed by atoms with Crippen LogP contribution in [0.25, 0.3) is 0 Å². The molecule has 6 nitrogen and oxygen atoms in total. The van der Waals surface area contributed by atoms with Crippen molar-refractivity contribution in [3.8, 4) is 0 Å². The third-order valence-corrected chi connectivity index (χ3v) is 3.13. The Labute approximate surface area is 132 Å². The highest BCUT2D eigenvalue weighted by Gasteiger charge is 2.17. The summed E-state index contributed by atoms with van der Waals surface area (Å²) in [6.07, 6.45) is 3.26. The van der Waals surface area contributed by atoms with E-state index >= 15 is 0 Å². The molecule has 0 unspecified atom stereocenters. The highest BCUT2D eigenvalue weighted by Crippen LogP contribution is 2.12. The largest absolute Gasteiger partial charge is 0.466 e. The average Bonchev–Trinajstić information content (AvgIpc) is 2.47. The fraction of sp³-hybridized carbons (Fsp3) is 0.500. The lowest BCUT2D eigenvalue weighted by Crippen LogP contribution is -2.36. The Morgan fingerprint density at radius 3 is 2.71 bits per heavy atom. The topological polar surface area (TPSA) is 68.7 Å². The molecule has 0 saturated heterocycles. The second-order valence-corrected chi connectivity index (χ2v) is 5.15. The molecular weight excluding hydrogens is 340 g/mol. The average molecular weight is 359 g/mol. The molecule has 21 heavy (non-hydrogen) atoms. The van der Waals surface area contributed by atoms with Crippen molar-refractivity contribution >= 4 is 27.8 Å². The maximum absolute atomic E-state index is 12.4. The van der Waals surface area contributed by atoms with Crippen LogP contribution in [0.15, 0.2) is 22.9 Å². The van der Waals surface area contributed by atoms with Crippen molar-refractivity contribution in [3.05, 3.63) is 28.5 Å². The Hall–Kier alpha value is -1.47. The minimum Gasteiger partial charge on any atom is -0.466 e. The van der Waals surface area contributed by atoms with Gasteiger partial charge in [0.05, 0.1) is 25.2 Å². The highest BCUT2D eigenvalue weighted by molar-refractivity contribution is 9.10. The van der Waals surface area contributed by atoms with Gasteiger partial charge in [-0.25, -0.2) is 0 Å². The van der Waals surface area contributed by atoms with E-state index in [1.807, 2.05) is 0 Å². The predicted molar refractivity (Wildman–Crippen MR) is 81.0 cm³/mol. The van der Waals surface area contributed by atoms with Crippen LogP contribution in [-0.4, -0.2) is 55.2 Å². The van der Waals surface area contributed by atoms with Crippen LogP contribution in [0.2, 0.25) is 0 Å². The number of methoxy groups -OCH3 is 1. The lowest BCUT2D eigenvalue weighted by molar-refractivity contribution is -0.143. The predicted octanol–water partition coefficient (Wildman–Crippen LogP) is 1.89. The molecule has 0 aliphatic heterocycles. The van der Waals surface area contributed by atoms with Gasteiger partial charge in [-0.1, -0.05) is 0 Å². The van der Waals surface area contributed by atoms with Gasteiger partial charge in [0, 0.05) is 37.1 Å². The fourth-order valence-electron chi connectivity index (χ4n) is 1.69. The minimum atomic E-state index is -0.319. The van der Waals surface area contributed by atoms with Gasteiger partial charge in [-0.15, -0.1) is 0 Å². The van der Waals surface area contributed by atoms with Crippen molar-refractivity contribution in [2.75, 3.05) is 33.4 Å². The quantitative estimate of drug-likeness (QED) is 0.663. The number of pyridine rings is 1. The van der Waals surface area contributed by atoms with Crippen LogP contribution < -0.4 is 0 Å². The molecule has 1 rings (SSSR count). The zero-order valence-electron chi connectivity index (χ0n) is 12.2. The minimum absolute atomic E-state index is 0.157. The van der Waals surface area contributed by atoms with Gasteiger partial charge in [-0.05, 0) is 28.9 Å². The van der Waals surface area contributed by atoms with Crippen molar-refractivity contribution in [2.24, 2.45) is 0 Å². The van der Waals surface area contributed by atoms with Crippen LogP contribution >= 0.6 is 15.9 Å². The molecule has 0 atom stereocenters. The van der Waals surface area contributed by atoms with Gasteiger partial charge >= 0.3 is 5.97 Å². The number of amides is 1. The van der Waals surface area contributed by atoms with Gasteiger partial charge in [0.2, 0.25) is 0 Å². The van der Waals surface area contributed by atoms with Crippen LogP contribution in [0.3, 0.4) is 0 Å². The molecule has 1 heterocycles. The number of esters is 1. The van der Waals surface area contributed by atoms with E-state index in [4.69, 9.17) is 9.47 Å². The maximum Gasteiger partial charge on any atom is 0.307 e. The Bertz CT molecular complexity index is 482. The second-order valence-electron chi connectivity index (χ2n) is 4.23. The first-order chi connectivity index (χ1) is 10.1. The van der Waals surface area contributed by atoms with Gasteiger partial charge in [0.15, 0.2) is 0 Å². The van der Waals surface area contributed by atoms with E-state index in [-0.39, 0.29) is 24.8 Å². The van der Waals surface area contributed by atoms with Gasteiger partial charge in [0.1, 0.15) is 0 Å². The summed E-state index contributed by atoms with van der Waals surface area (Å²) in [5.41, 5.74) is 0.462. The van der Waals surface area contributed by atoms with E-state index in [1.165, 1.54) is 6.20 Å². The molecule has 116 valence electrons. The van der Waals surface area contributed by atoms with E-state index in [0.29, 0.717) is 25.3 Å². The molecule has 0 aliphatic carbocycles. The first kappa shape index (κ1) is 17.6. The molecule has 1 aromatic heterocycles. The molecule has 0 spiro atoms. The third-order valence-electron chi connectivity index (χ3n) is 2.70. The van der Waals surface area contributed by atoms with Crippen molar-refractivity contribution in [2.45, 2.75) is 13.3 Å². The lowest BCUT2D eigenvalue weighted by Gasteiger charge is -2.22. The number of hydrogen-bond donors (Lipinski definition) is 0. The lowest BCUT2D eigenvalue weighted by atomic mass is 10.2. The summed E-state index contributed by atoms with van der Waals surface area (Å²) in [4.78, 5) is 29.4. The molecule has 1 aromatic rings. The number of carbonyl (C=O) groups is 2. The van der Waals surface area contributed by atoms with Crippen LogP contribution in [0, 0.1) is 0 Å². The zero-order valence-corrected chi connectivity index (χ0v) is 13.8. The van der Waals surface area contributed by atoms with Crippen LogP contribution in [-0.2, 0) is 14.3 Å². The molecular formula is C14H19BrN2O4. The van der Waals surface area contributed by atoms with E-state index in [9.17, 15) is 9.59 Å². The number of nitrogens with zero attached hydrogens (tertiary/aromatic N) is 2. The Morgan fingerprint density at radius 2 is 2.10 bits per heavy atom. The summed E-state index contributed by atoms with van der Waals surface area (Å²) in [7, 11) is 1.56. The Balaban J connectivity index is 2.71. The van der Waals surface area contributed by atoms with E-state index in [0.717, 1.165) is 4.47 Å². The molecule has 7 heteroatoms. The molecule has 0 bridgehead atoms. The van der Waals surface area contributed by atoms with Crippen molar-refractivity contribution in [3.63, 3.8) is 0 Å². The van der Waals surface area contributed by atoms with Crippen molar-refractivity contribution in [1.29, 1.82) is 0 Å². The number of rotatable bonds is 8. The van der Waals surface area contributed by atoms with Crippen LogP contribution in [0.5, 0.6) is 0 Å². The first-order valence-electron chi connectivity index (χ1n) is 6.62. The summed E-state index contributed by atoms with van der Waals surface area (Å²) < 4.78 is 10.6. The Morgan fingerprint density at radius 1 is 1.33 bits per heavy atom. The fourth-order valence-corrected chi connectivity index (χ4v) is 2.05. The monoisotopic (exact) mass is 358 g/mol. The van der Waals surface area contributed by atoms with Gasteiger partial charge in [0.25, 0.3) is 5.91 Å². The van der Waals surface area contributed by atoms with Crippen molar-refractivity contribution in [1.82, 2.24) is 9.88 Å². The summed E-state index contributed by atoms with van der Waals surface area (Å²) in [5.74, 6) is -0.509. The molecule has 0 saturated carbocycles. The van der Waals surface area contributed by atoms with Gasteiger partial charge < -0.3 is 14.4 Å². The Kier molecular flexibility index (Phi) is 7.92. The smallest absolute Gasteiger partial charge is 0.307 e. The molecule has 0 aromatic carbocycles. The summed E-state index contributed by atoms with van der Waals surface area (Å²) in [5, 5.41) is 0. The van der Waals surface area contributed by atoms with Crippen LogP contribution in [0.1, 0.15) is 23.7 Å². The van der Waals surface area contributed by atoms with E-state index < -0.39 is 0 Å². The summed E-state index contributed by atoms with van der Waals surface area (Å²) in [6, 6.07) is 1.69. The van der Waals surface area contributed by atoms with E-state index in [2.05, 4.69) is 20.9 Å². The molecule has 0 aliphatic rings. The highest BCUT2D eigenvalue weighted by atomic mass is 79.9. The van der Waals surface area contributed by atoms with Gasteiger partial charge in [-0.3, -0.25) is 14.6 Å². The molecule has 1 amide bonds. The maximum atomic E-state index is 12.4. The number of halogens is 1. The number of hydrogen-bond acceptors (Lipinski definition) is 5. The third kappa shape index (κ3) is 6.22.